The number of hydrogen-bond acceptors (Lipinski definition) is 2. The Bertz CT molecular complexity index is 540. The van der Waals surface area contributed by atoms with Crippen LogP contribution in [0.15, 0.2) is 47.1 Å². The van der Waals surface area contributed by atoms with Gasteiger partial charge in [-0.15, -0.1) is 0 Å². The van der Waals surface area contributed by atoms with Gasteiger partial charge < -0.3 is 5.32 Å². The standard InChI is InChI=1S/C13H10BrClN2O/c14-10-3-1-9(2-4-10)7-17-13(18)12-6-5-11(15)8-16-12/h1-6,8H,7H2,(H,17,18). The fraction of sp³-hybridized carbons (Fsp3) is 0.0769. The van der Waals surface area contributed by atoms with Gasteiger partial charge in [-0.2, -0.15) is 0 Å². The molecular formula is C13H10BrClN2O. The van der Waals surface area contributed by atoms with Crippen LogP contribution < -0.4 is 5.32 Å². The summed E-state index contributed by atoms with van der Waals surface area (Å²) in [5.41, 5.74) is 1.39. The molecule has 0 radical (unpaired) electrons. The van der Waals surface area contributed by atoms with Gasteiger partial charge in [0.15, 0.2) is 0 Å². The lowest BCUT2D eigenvalue weighted by Gasteiger charge is -2.05. The van der Waals surface area contributed by atoms with E-state index < -0.39 is 0 Å². The number of pyridine rings is 1. The molecule has 92 valence electrons. The first kappa shape index (κ1) is 13.1. The van der Waals surface area contributed by atoms with Crippen molar-refractivity contribution in [1.82, 2.24) is 10.3 Å². The summed E-state index contributed by atoms with van der Waals surface area (Å²) in [5.74, 6) is -0.213. The van der Waals surface area contributed by atoms with E-state index >= 15 is 0 Å². The molecule has 1 heterocycles. The number of aromatic nitrogens is 1. The molecule has 5 heteroatoms. The van der Waals surface area contributed by atoms with Gasteiger partial charge in [0.25, 0.3) is 5.91 Å². The number of rotatable bonds is 3. The second-order valence-corrected chi connectivity index (χ2v) is 5.02. The number of nitrogens with one attached hydrogen (secondary N) is 1. The number of hydrogen-bond donors (Lipinski definition) is 1. The Kier molecular flexibility index (Phi) is 4.33. The van der Waals surface area contributed by atoms with Crippen molar-refractivity contribution in [2.45, 2.75) is 6.54 Å². The minimum atomic E-state index is -0.213. The van der Waals surface area contributed by atoms with Crippen LogP contribution in [-0.2, 0) is 6.54 Å². The largest absolute Gasteiger partial charge is 0.347 e. The maximum Gasteiger partial charge on any atom is 0.270 e. The van der Waals surface area contributed by atoms with E-state index in [1.54, 1.807) is 12.1 Å². The molecule has 1 aromatic heterocycles. The van der Waals surface area contributed by atoms with E-state index in [2.05, 4.69) is 26.2 Å². The third kappa shape index (κ3) is 3.55. The fourth-order valence-electron chi connectivity index (χ4n) is 1.39. The highest BCUT2D eigenvalue weighted by Crippen LogP contribution is 2.10. The van der Waals surface area contributed by atoms with Crippen molar-refractivity contribution in [1.29, 1.82) is 0 Å². The van der Waals surface area contributed by atoms with Crippen molar-refractivity contribution in [3.05, 3.63) is 63.3 Å². The second kappa shape index (κ2) is 5.98. The molecule has 0 saturated heterocycles. The lowest BCUT2D eigenvalue weighted by atomic mass is 10.2. The zero-order chi connectivity index (χ0) is 13.0. The van der Waals surface area contributed by atoms with E-state index in [-0.39, 0.29) is 5.91 Å². The van der Waals surface area contributed by atoms with Crippen LogP contribution in [0.2, 0.25) is 5.02 Å². The fourth-order valence-corrected chi connectivity index (χ4v) is 1.76. The molecule has 3 nitrogen and oxygen atoms in total. The summed E-state index contributed by atoms with van der Waals surface area (Å²) in [5, 5.41) is 3.31. The van der Waals surface area contributed by atoms with Crippen LogP contribution in [0.25, 0.3) is 0 Å². The van der Waals surface area contributed by atoms with E-state index in [0.717, 1.165) is 10.0 Å². The minimum Gasteiger partial charge on any atom is -0.347 e. The number of nitrogens with zero attached hydrogens (tertiary/aromatic N) is 1. The van der Waals surface area contributed by atoms with Crippen LogP contribution in [-0.4, -0.2) is 10.9 Å². The molecule has 2 aromatic rings. The first-order valence-corrected chi connectivity index (χ1v) is 6.46. The molecule has 0 aliphatic heterocycles. The normalized spacial score (nSPS) is 10.1. The predicted octanol–water partition coefficient (Wildman–Crippen LogP) is 3.43. The van der Waals surface area contributed by atoms with E-state index in [4.69, 9.17) is 11.6 Å². The Morgan fingerprint density at radius 2 is 1.94 bits per heavy atom. The van der Waals surface area contributed by atoms with Crippen LogP contribution >= 0.6 is 27.5 Å². The Hall–Kier alpha value is -1.39. The van der Waals surface area contributed by atoms with Crippen LogP contribution in [0.4, 0.5) is 0 Å². The van der Waals surface area contributed by atoms with Crippen molar-refractivity contribution < 1.29 is 4.79 Å². The molecule has 0 fully saturated rings. The maximum atomic E-state index is 11.8. The van der Waals surface area contributed by atoms with E-state index in [0.29, 0.717) is 17.3 Å². The third-order valence-electron chi connectivity index (χ3n) is 2.33. The van der Waals surface area contributed by atoms with Gasteiger partial charge in [0.2, 0.25) is 0 Å². The molecule has 0 saturated carbocycles. The SMILES string of the molecule is O=C(NCc1ccc(Br)cc1)c1ccc(Cl)cn1. The molecule has 1 amide bonds. The summed E-state index contributed by atoms with van der Waals surface area (Å²) in [4.78, 5) is 15.7. The molecule has 2 rings (SSSR count). The average molecular weight is 326 g/mol. The number of benzene rings is 1. The second-order valence-electron chi connectivity index (χ2n) is 3.67. The highest BCUT2D eigenvalue weighted by atomic mass is 79.9. The molecule has 0 unspecified atom stereocenters. The highest BCUT2D eigenvalue weighted by molar-refractivity contribution is 9.10. The summed E-state index contributed by atoms with van der Waals surface area (Å²) >= 11 is 9.06. The molecule has 0 aliphatic carbocycles. The zero-order valence-electron chi connectivity index (χ0n) is 9.36. The summed E-state index contributed by atoms with van der Waals surface area (Å²) in [6, 6.07) is 11.0. The van der Waals surface area contributed by atoms with Gasteiger partial charge in [-0.25, -0.2) is 4.98 Å². The van der Waals surface area contributed by atoms with Crippen molar-refractivity contribution in [3.8, 4) is 0 Å². The Morgan fingerprint density at radius 1 is 1.22 bits per heavy atom. The molecular weight excluding hydrogens is 316 g/mol. The zero-order valence-corrected chi connectivity index (χ0v) is 11.7. The summed E-state index contributed by atoms with van der Waals surface area (Å²) in [6.07, 6.45) is 1.45. The van der Waals surface area contributed by atoms with Gasteiger partial charge in [0, 0.05) is 17.2 Å². The maximum absolute atomic E-state index is 11.8. The number of halogens is 2. The third-order valence-corrected chi connectivity index (χ3v) is 3.08. The average Bonchev–Trinajstić information content (AvgIpc) is 2.38. The lowest BCUT2D eigenvalue weighted by molar-refractivity contribution is 0.0946. The highest BCUT2D eigenvalue weighted by Gasteiger charge is 2.06. The van der Waals surface area contributed by atoms with Crippen LogP contribution in [0.3, 0.4) is 0 Å². The molecule has 0 aliphatic rings. The van der Waals surface area contributed by atoms with E-state index in [1.165, 1.54) is 6.20 Å². The first-order valence-electron chi connectivity index (χ1n) is 5.29. The van der Waals surface area contributed by atoms with Crippen molar-refractivity contribution >= 4 is 33.4 Å². The van der Waals surface area contributed by atoms with Crippen LogP contribution in [0.5, 0.6) is 0 Å². The Morgan fingerprint density at radius 3 is 2.56 bits per heavy atom. The van der Waals surface area contributed by atoms with Gasteiger partial charge in [-0.05, 0) is 29.8 Å². The van der Waals surface area contributed by atoms with Crippen molar-refractivity contribution in [3.63, 3.8) is 0 Å². The minimum absolute atomic E-state index is 0.213. The van der Waals surface area contributed by atoms with E-state index in [1.807, 2.05) is 24.3 Å². The molecule has 1 aromatic carbocycles. The van der Waals surface area contributed by atoms with Gasteiger partial charge in [-0.1, -0.05) is 39.7 Å². The summed E-state index contributed by atoms with van der Waals surface area (Å²) in [7, 11) is 0. The lowest BCUT2D eigenvalue weighted by Crippen LogP contribution is -2.23. The Balaban J connectivity index is 1.96. The van der Waals surface area contributed by atoms with Gasteiger partial charge in [0.05, 0.1) is 5.02 Å². The predicted molar refractivity (Wildman–Crippen MR) is 74.6 cm³/mol. The topological polar surface area (TPSA) is 42.0 Å². The van der Waals surface area contributed by atoms with Crippen molar-refractivity contribution in [2.24, 2.45) is 0 Å². The summed E-state index contributed by atoms with van der Waals surface area (Å²) < 4.78 is 1.01. The van der Waals surface area contributed by atoms with Crippen LogP contribution in [0.1, 0.15) is 16.1 Å². The molecule has 0 atom stereocenters. The van der Waals surface area contributed by atoms with Gasteiger partial charge in [0.1, 0.15) is 5.69 Å². The summed E-state index contributed by atoms with van der Waals surface area (Å²) in [6.45, 7) is 0.469. The van der Waals surface area contributed by atoms with Gasteiger partial charge in [-0.3, -0.25) is 4.79 Å². The quantitative estimate of drug-likeness (QED) is 0.939. The monoisotopic (exact) mass is 324 g/mol. The molecule has 0 bridgehead atoms. The van der Waals surface area contributed by atoms with Crippen LogP contribution in [0, 0.1) is 0 Å². The van der Waals surface area contributed by atoms with E-state index in [9.17, 15) is 4.79 Å². The Labute approximate surface area is 118 Å². The molecule has 1 N–H and O–H groups in total. The first-order chi connectivity index (χ1) is 8.65. The van der Waals surface area contributed by atoms with Gasteiger partial charge >= 0.3 is 0 Å². The smallest absolute Gasteiger partial charge is 0.270 e. The number of amides is 1. The molecule has 18 heavy (non-hydrogen) atoms. The molecule has 0 spiro atoms. The van der Waals surface area contributed by atoms with Crippen molar-refractivity contribution in [2.75, 3.05) is 0 Å². The number of carbonyl (C=O) groups excluding carboxylic acids is 1. The number of carbonyl (C=O) groups is 1.